The molecule has 17 heavy (non-hydrogen) atoms. The second-order valence-electron chi connectivity index (χ2n) is 4.75. The highest BCUT2D eigenvalue weighted by Crippen LogP contribution is 2.26. The fourth-order valence-corrected chi connectivity index (χ4v) is 2.38. The van der Waals surface area contributed by atoms with Gasteiger partial charge in [0.25, 0.3) is 0 Å². The Balaban J connectivity index is 2.00. The average molecular weight is 235 g/mol. The smallest absolute Gasteiger partial charge is 0.0573 e. The van der Waals surface area contributed by atoms with Gasteiger partial charge < -0.3 is 15.3 Å². The van der Waals surface area contributed by atoms with Crippen molar-refractivity contribution in [3.63, 3.8) is 0 Å². The van der Waals surface area contributed by atoms with E-state index in [0.29, 0.717) is 5.92 Å². The van der Waals surface area contributed by atoms with Crippen molar-refractivity contribution in [3.8, 4) is 0 Å². The topological polar surface area (TPSA) is 48.4 Å². The molecule has 0 saturated carbocycles. The number of hydrogen-bond donors (Lipinski definition) is 2. The van der Waals surface area contributed by atoms with Crippen LogP contribution < -0.4 is 10.2 Å². The minimum absolute atomic E-state index is 0.182. The fraction of sp³-hybridized carbons (Fsp3) is 0.615. The molecule has 4 nitrogen and oxygen atoms in total. The van der Waals surface area contributed by atoms with Gasteiger partial charge in [0.05, 0.1) is 29.9 Å². The summed E-state index contributed by atoms with van der Waals surface area (Å²) in [4.78, 5) is 6.57. The summed E-state index contributed by atoms with van der Waals surface area (Å²) in [5, 5.41) is 12.7. The van der Waals surface area contributed by atoms with Crippen molar-refractivity contribution in [2.24, 2.45) is 5.92 Å². The Labute approximate surface area is 103 Å². The summed E-state index contributed by atoms with van der Waals surface area (Å²) in [6.07, 6.45) is 5.66. The van der Waals surface area contributed by atoms with E-state index in [1.807, 2.05) is 26.4 Å². The minimum Gasteiger partial charge on any atom is -0.393 e. The molecule has 0 aliphatic carbocycles. The van der Waals surface area contributed by atoms with E-state index < -0.39 is 0 Å². The van der Waals surface area contributed by atoms with Crippen LogP contribution in [-0.4, -0.2) is 36.3 Å². The maximum absolute atomic E-state index is 9.58. The van der Waals surface area contributed by atoms with Crippen LogP contribution in [0, 0.1) is 5.92 Å². The van der Waals surface area contributed by atoms with E-state index in [0.717, 1.165) is 31.6 Å². The van der Waals surface area contributed by atoms with Gasteiger partial charge in [0.15, 0.2) is 0 Å². The number of piperidine rings is 1. The molecule has 1 aliphatic rings. The molecular weight excluding hydrogens is 214 g/mol. The molecule has 1 atom stereocenters. The van der Waals surface area contributed by atoms with Crippen molar-refractivity contribution >= 4 is 11.4 Å². The molecule has 1 saturated heterocycles. The van der Waals surface area contributed by atoms with E-state index in [1.54, 1.807) is 0 Å². The number of nitrogens with zero attached hydrogens (tertiary/aromatic N) is 2. The molecule has 2 N–H and O–H groups in total. The van der Waals surface area contributed by atoms with Gasteiger partial charge in [-0.25, -0.2) is 0 Å². The highest BCUT2D eigenvalue weighted by atomic mass is 16.3. The van der Waals surface area contributed by atoms with E-state index in [9.17, 15) is 5.11 Å². The maximum atomic E-state index is 9.58. The second kappa shape index (κ2) is 5.36. The lowest BCUT2D eigenvalue weighted by Crippen LogP contribution is -2.37. The number of aliphatic hydroxyl groups is 1. The van der Waals surface area contributed by atoms with Gasteiger partial charge in [-0.15, -0.1) is 0 Å². The molecule has 1 aromatic rings. The third-order valence-corrected chi connectivity index (χ3v) is 3.60. The Morgan fingerprint density at radius 1 is 1.41 bits per heavy atom. The van der Waals surface area contributed by atoms with E-state index >= 15 is 0 Å². The lowest BCUT2D eigenvalue weighted by Gasteiger charge is -2.34. The Kier molecular flexibility index (Phi) is 3.84. The molecule has 0 spiro atoms. The van der Waals surface area contributed by atoms with Gasteiger partial charge in [-0.2, -0.15) is 0 Å². The van der Waals surface area contributed by atoms with Crippen LogP contribution in [0.15, 0.2) is 18.5 Å². The fourth-order valence-electron chi connectivity index (χ4n) is 2.38. The lowest BCUT2D eigenvalue weighted by atomic mass is 9.92. The van der Waals surface area contributed by atoms with E-state index in [2.05, 4.69) is 21.3 Å². The second-order valence-corrected chi connectivity index (χ2v) is 4.75. The largest absolute Gasteiger partial charge is 0.393 e. The zero-order valence-electron chi connectivity index (χ0n) is 10.6. The molecule has 0 bridgehead atoms. The third-order valence-electron chi connectivity index (χ3n) is 3.60. The lowest BCUT2D eigenvalue weighted by molar-refractivity contribution is 0.110. The number of nitrogens with one attached hydrogen (secondary N) is 1. The highest BCUT2D eigenvalue weighted by molar-refractivity contribution is 5.55. The Bertz CT molecular complexity index is 359. The molecule has 1 fully saturated rings. The molecule has 1 aliphatic heterocycles. The summed E-state index contributed by atoms with van der Waals surface area (Å²) in [5.74, 6) is 0.451. The van der Waals surface area contributed by atoms with Crippen molar-refractivity contribution < 1.29 is 5.11 Å². The maximum Gasteiger partial charge on any atom is 0.0573 e. The van der Waals surface area contributed by atoms with Crippen LogP contribution in [0.5, 0.6) is 0 Å². The van der Waals surface area contributed by atoms with Crippen molar-refractivity contribution in [1.82, 2.24) is 4.98 Å². The number of aromatic nitrogens is 1. The Morgan fingerprint density at radius 3 is 2.71 bits per heavy atom. The standard InChI is InChI=1S/C13H21N3O/c1-10(17)11-3-5-16(6-4-11)13-7-12(14-2)8-15-9-13/h7-11,14,17H,3-6H2,1-2H3. The van der Waals surface area contributed by atoms with Gasteiger partial charge in [0.1, 0.15) is 0 Å². The van der Waals surface area contributed by atoms with Crippen LogP contribution in [0.2, 0.25) is 0 Å². The first-order chi connectivity index (χ1) is 8.20. The summed E-state index contributed by atoms with van der Waals surface area (Å²) in [5.41, 5.74) is 2.21. The number of pyridine rings is 1. The van der Waals surface area contributed by atoms with Crippen LogP contribution in [0.3, 0.4) is 0 Å². The monoisotopic (exact) mass is 235 g/mol. The van der Waals surface area contributed by atoms with Gasteiger partial charge in [0, 0.05) is 20.1 Å². The van der Waals surface area contributed by atoms with Crippen molar-refractivity contribution in [1.29, 1.82) is 0 Å². The van der Waals surface area contributed by atoms with Gasteiger partial charge in [0.2, 0.25) is 0 Å². The van der Waals surface area contributed by atoms with Crippen LogP contribution in [0.25, 0.3) is 0 Å². The van der Waals surface area contributed by atoms with Gasteiger partial charge in [-0.1, -0.05) is 0 Å². The first-order valence-corrected chi connectivity index (χ1v) is 6.26. The zero-order chi connectivity index (χ0) is 12.3. The molecule has 94 valence electrons. The van der Waals surface area contributed by atoms with Crippen LogP contribution in [0.1, 0.15) is 19.8 Å². The summed E-state index contributed by atoms with van der Waals surface area (Å²) >= 11 is 0. The third kappa shape index (κ3) is 2.88. The van der Waals surface area contributed by atoms with Gasteiger partial charge >= 0.3 is 0 Å². The molecule has 2 heterocycles. The van der Waals surface area contributed by atoms with Crippen LogP contribution >= 0.6 is 0 Å². The van der Waals surface area contributed by atoms with Crippen molar-refractivity contribution in [3.05, 3.63) is 18.5 Å². The minimum atomic E-state index is -0.182. The van der Waals surface area contributed by atoms with Crippen LogP contribution in [-0.2, 0) is 0 Å². The highest BCUT2D eigenvalue weighted by Gasteiger charge is 2.22. The number of anilines is 2. The van der Waals surface area contributed by atoms with E-state index in [4.69, 9.17) is 0 Å². The molecule has 0 aromatic carbocycles. The Hall–Kier alpha value is -1.29. The normalized spacial score (nSPS) is 19.1. The number of rotatable bonds is 3. The first kappa shape index (κ1) is 12.2. The summed E-state index contributed by atoms with van der Waals surface area (Å²) in [6.45, 7) is 3.90. The molecule has 2 rings (SSSR count). The quantitative estimate of drug-likeness (QED) is 0.837. The predicted molar refractivity (Wildman–Crippen MR) is 70.4 cm³/mol. The van der Waals surface area contributed by atoms with Crippen molar-refractivity contribution in [2.75, 3.05) is 30.4 Å². The average Bonchev–Trinajstić information content (AvgIpc) is 2.39. The molecular formula is C13H21N3O. The van der Waals surface area contributed by atoms with Gasteiger partial charge in [-0.05, 0) is 31.7 Å². The van der Waals surface area contributed by atoms with Crippen molar-refractivity contribution in [2.45, 2.75) is 25.9 Å². The summed E-state index contributed by atoms with van der Waals surface area (Å²) in [6, 6.07) is 2.12. The molecule has 1 aromatic heterocycles. The molecule has 0 radical (unpaired) electrons. The first-order valence-electron chi connectivity index (χ1n) is 6.26. The summed E-state index contributed by atoms with van der Waals surface area (Å²) in [7, 11) is 1.90. The van der Waals surface area contributed by atoms with Gasteiger partial charge in [-0.3, -0.25) is 4.98 Å². The van der Waals surface area contributed by atoms with Crippen LogP contribution in [0.4, 0.5) is 11.4 Å². The molecule has 0 amide bonds. The molecule has 1 unspecified atom stereocenters. The number of aliphatic hydroxyl groups excluding tert-OH is 1. The SMILES string of the molecule is CNc1cncc(N2CCC(C(C)O)CC2)c1. The number of hydrogen-bond acceptors (Lipinski definition) is 4. The Morgan fingerprint density at radius 2 is 2.12 bits per heavy atom. The zero-order valence-corrected chi connectivity index (χ0v) is 10.6. The van der Waals surface area contributed by atoms with E-state index in [-0.39, 0.29) is 6.10 Å². The summed E-state index contributed by atoms with van der Waals surface area (Å²) < 4.78 is 0. The van der Waals surface area contributed by atoms with E-state index in [1.165, 1.54) is 5.69 Å². The molecule has 4 heteroatoms. The predicted octanol–water partition coefficient (Wildman–Crippen LogP) is 1.72.